The Hall–Kier alpha value is -0.120. The van der Waals surface area contributed by atoms with Gasteiger partial charge in [0.1, 0.15) is 0 Å². The summed E-state index contributed by atoms with van der Waals surface area (Å²) < 4.78 is 0. The zero-order valence-electron chi connectivity index (χ0n) is 11.4. The lowest BCUT2D eigenvalue weighted by Gasteiger charge is -2.48. The average Bonchev–Trinajstić information content (AvgIpc) is 2.19. The minimum absolute atomic E-state index is 0.247. The van der Waals surface area contributed by atoms with Crippen LogP contribution >= 0.6 is 0 Å². The first kappa shape index (κ1) is 13.9. The number of nitrogens with zero attached hydrogens (tertiary/aromatic N) is 2. The number of rotatable bonds is 5. The van der Waals surface area contributed by atoms with Gasteiger partial charge in [-0.2, -0.15) is 0 Å². The number of piperidine rings is 1. The summed E-state index contributed by atoms with van der Waals surface area (Å²) in [6.07, 6.45) is 3.50. The van der Waals surface area contributed by atoms with Crippen molar-refractivity contribution in [2.24, 2.45) is 5.92 Å². The van der Waals surface area contributed by atoms with Crippen LogP contribution in [0, 0.1) is 5.92 Å². The molecule has 1 aliphatic heterocycles. The summed E-state index contributed by atoms with van der Waals surface area (Å²) in [5.41, 5.74) is 0.247. The normalized spacial score (nSPS) is 26.2. The van der Waals surface area contributed by atoms with Gasteiger partial charge in [-0.1, -0.05) is 0 Å². The molecule has 0 saturated carbocycles. The van der Waals surface area contributed by atoms with Crippen LogP contribution in [0.5, 0.6) is 0 Å². The lowest BCUT2D eigenvalue weighted by molar-refractivity contribution is 0.00746. The predicted molar refractivity (Wildman–Crippen MR) is 68.6 cm³/mol. The van der Waals surface area contributed by atoms with Crippen LogP contribution < -0.4 is 0 Å². The zero-order valence-corrected chi connectivity index (χ0v) is 11.4. The molecule has 1 saturated heterocycles. The van der Waals surface area contributed by atoms with E-state index < -0.39 is 0 Å². The topological polar surface area (TPSA) is 26.7 Å². The van der Waals surface area contributed by atoms with E-state index in [1.54, 1.807) is 0 Å². The van der Waals surface area contributed by atoms with Gasteiger partial charge in [0, 0.05) is 25.2 Å². The Morgan fingerprint density at radius 1 is 1.38 bits per heavy atom. The summed E-state index contributed by atoms with van der Waals surface area (Å²) in [4.78, 5) is 4.84. The van der Waals surface area contributed by atoms with E-state index >= 15 is 0 Å². The third-order valence-electron chi connectivity index (χ3n) is 4.09. The average molecular weight is 228 g/mol. The van der Waals surface area contributed by atoms with Gasteiger partial charge in [-0.3, -0.25) is 4.90 Å². The summed E-state index contributed by atoms with van der Waals surface area (Å²) >= 11 is 0. The molecule has 96 valence electrons. The highest BCUT2D eigenvalue weighted by Crippen LogP contribution is 2.34. The maximum Gasteiger partial charge on any atom is 0.0434 e. The molecule has 16 heavy (non-hydrogen) atoms. The molecule has 3 heteroatoms. The van der Waals surface area contributed by atoms with Crippen molar-refractivity contribution in [3.05, 3.63) is 0 Å². The molecule has 0 aliphatic carbocycles. The Morgan fingerprint density at radius 2 is 2.06 bits per heavy atom. The van der Waals surface area contributed by atoms with Crippen molar-refractivity contribution in [1.29, 1.82) is 0 Å². The molecule has 0 amide bonds. The van der Waals surface area contributed by atoms with Gasteiger partial charge >= 0.3 is 0 Å². The SMILES string of the molecule is CN(C)CCN1CCCC(CCO)C1(C)C. The fourth-order valence-corrected chi connectivity index (χ4v) is 2.80. The van der Waals surface area contributed by atoms with E-state index in [1.165, 1.54) is 19.4 Å². The second-order valence-electron chi connectivity index (χ2n) is 5.80. The van der Waals surface area contributed by atoms with Crippen molar-refractivity contribution in [1.82, 2.24) is 9.80 Å². The first-order chi connectivity index (χ1) is 7.48. The van der Waals surface area contributed by atoms with Crippen LogP contribution in [0.25, 0.3) is 0 Å². The first-order valence-corrected chi connectivity index (χ1v) is 6.49. The van der Waals surface area contributed by atoms with Crippen molar-refractivity contribution in [3.63, 3.8) is 0 Å². The van der Waals surface area contributed by atoms with Gasteiger partial charge in [0.2, 0.25) is 0 Å². The maximum atomic E-state index is 9.13. The number of likely N-dealkylation sites (tertiary alicyclic amines) is 1. The molecule has 0 radical (unpaired) electrons. The van der Waals surface area contributed by atoms with Crippen LogP contribution in [0.1, 0.15) is 33.1 Å². The molecule has 0 bridgehead atoms. The number of aliphatic hydroxyl groups is 1. The standard InChI is InChI=1S/C13H28N2O/c1-13(2)12(7-11-16)6-5-8-15(13)10-9-14(3)4/h12,16H,5-11H2,1-4H3. The van der Waals surface area contributed by atoms with E-state index in [4.69, 9.17) is 5.11 Å². The molecule has 1 unspecified atom stereocenters. The number of aliphatic hydroxyl groups excluding tert-OH is 1. The van der Waals surface area contributed by atoms with Crippen LogP contribution in [0.15, 0.2) is 0 Å². The minimum Gasteiger partial charge on any atom is -0.396 e. The summed E-state index contributed by atoms with van der Waals surface area (Å²) in [5, 5.41) is 9.13. The first-order valence-electron chi connectivity index (χ1n) is 6.49. The molecule has 3 nitrogen and oxygen atoms in total. The highest BCUT2D eigenvalue weighted by atomic mass is 16.3. The van der Waals surface area contributed by atoms with E-state index in [1.807, 2.05) is 0 Å². The highest BCUT2D eigenvalue weighted by Gasteiger charge is 2.37. The van der Waals surface area contributed by atoms with Gasteiger partial charge in [0.15, 0.2) is 0 Å². The third-order valence-corrected chi connectivity index (χ3v) is 4.09. The van der Waals surface area contributed by atoms with Gasteiger partial charge in [-0.15, -0.1) is 0 Å². The summed E-state index contributed by atoms with van der Waals surface area (Å²) in [5.74, 6) is 0.647. The monoisotopic (exact) mass is 228 g/mol. The van der Waals surface area contributed by atoms with Crippen LogP contribution in [-0.2, 0) is 0 Å². The van der Waals surface area contributed by atoms with Crippen LogP contribution in [-0.4, -0.2) is 60.8 Å². The van der Waals surface area contributed by atoms with Crippen molar-refractivity contribution < 1.29 is 5.11 Å². The number of likely N-dealkylation sites (N-methyl/N-ethyl adjacent to an activating group) is 1. The summed E-state index contributed by atoms with van der Waals surface area (Å²) in [6.45, 7) is 8.47. The van der Waals surface area contributed by atoms with Gasteiger partial charge < -0.3 is 10.0 Å². The third kappa shape index (κ3) is 3.44. The quantitative estimate of drug-likeness (QED) is 0.771. The largest absolute Gasteiger partial charge is 0.396 e. The van der Waals surface area contributed by atoms with E-state index in [0.29, 0.717) is 12.5 Å². The molecule has 1 heterocycles. The van der Waals surface area contributed by atoms with Gasteiger partial charge in [0.25, 0.3) is 0 Å². The van der Waals surface area contributed by atoms with Crippen LogP contribution in [0.4, 0.5) is 0 Å². The smallest absolute Gasteiger partial charge is 0.0434 e. The van der Waals surface area contributed by atoms with Crippen LogP contribution in [0.3, 0.4) is 0 Å². The fraction of sp³-hybridized carbons (Fsp3) is 1.00. The van der Waals surface area contributed by atoms with Crippen molar-refractivity contribution in [3.8, 4) is 0 Å². The Balaban J connectivity index is 2.55. The molecular formula is C13H28N2O. The molecule has 0 spiro atoms. The second-order valence-corrected chi connectivity index (χ2v) is 5.80. The molecule has 1 N–H and O–H groups in total. The van der Waals surface area contributed by atoms with Gasteiger partial charge in [0.05, 0.1) is 0 Å². The molecule has 1 rings (SSSR count). The zero-order chi connectivity index (χ0) is 12.2. The molecular weight excluding hydrogens is 200 g/mol. The summed E-state index contributed by atoms with van der Waals surface area (Å²) in [6, 6.07) is 0. The predicted octanol–water partition coefficient (Wildman–Crippen LogP) is 1.42. The molecule has 1 fully saturated rings. The highest BCUT2D eigenvalue weighted by molar-refractivity contribution is 4.92. The Bertz CT molecular complexity index is 202. The van der Waals surface area contributed by atoms with Gasteiger partial charge in [-0.25, -0.2) is 0 Å². The second kappa shape index (κ2) is 5.99. The van der Waals surface area contributed by atoms with E-state index in [9.17, 15) is 0 Å². The lowest BCUT2D eigenvalue weighted by atomic mass is 9.77. The van der Waals surface area contributed by atoms with E-state index in [-0.39, 0.29) is 5.54 Å². The van der Waals surface area contributed by atoms with E-state index in [2.05, 4.69) is 37.7 Å². The molecule has 1 atom stereocenters. The fourth-order valence-electron chi connectivity index (χ4n) is 2.80. The molecule has 0 aromatic carbocycles. The van der Waals surface area contributed by atoms with Crippen LogP contribution in [0.2, 0.25) is 0 Å². The molecule has 0 aromatic heterocycles. The van der Waals surface area contributed by atoms with E-state index in [0.717, 1.165) is 19.5 Å². The summed E-state index contributed by atoms with van der Waals surface area (Å²) in [7, 11) is 4.25. The Labute approximate surface area is 100 Å². The number of hydrogen-bond acceptors (Lipinski definition) is 3. The molecule has 0 aromatic rings. The Morgan fingerprint density at radius 3 is 2.62 bits per heavy atom. The van der Waals surface area contributed by atoms with Crippen molar-refractivity contribution in [2.75, 3.05) is 40.3 Å². The molecule has 1 aliphatic rings. The number of hydrogen-bond donors (Lipinski definition) is 1. The lowest BCUT2D eigenvalue weighted by Crippen LogP contribution is -2.54. The maximum absolute atomic E-state index is 9.13. The van der Waals surface area contributed by atoms with Gasteiger partial charge in [-0.05, 0) is 59.7 Å². The Kier molecular flexibility index (Phi) is 5.22. The van der Waals surface area contributed by atoms with Crippen molar-refractivity contribution >= 4 is 0 Å². The minimum atomic E-state index is 0.247. The van der Waals surface area contributed by atoms with Crippen molar-refractivity contribution in [2.45, 2.75) is 38.6 Å².